The van der Waals surface area contributed by atoms with Crippen LogP contribution in [-0.2, 0) is 11.3 Å². The summed E-state index contributed by atoms with van der Waals surface area (Å²) in [7, 11) is 0. The molecule has 0 amide bonds. The topological polar surface area (TPSA) is 75.4 Å². The Balaban J connectivity index is 1.97. The second kappa shape index (κ2) is 5.11. The van der Waals surface area contributed by atoms with Gasteiger partial charge in [-0.25, -0.2) is 4.98 Å². The Kier molecular flexibility index (Phi) is 3.55. The van der Waals surface area contributed by atoms with Gasteiger partial charge >= 0.3 is 5.97 Å². The summed E-state index contributed by atoms with van der Waals surface area (Å²) in [4.78, 5) is 15.0. The summed E-state index contributed by atoms with van der Waals surface area (Å²) >= 11 is 1.48. The molecule has 0 aliphatic heterocycles. The highest BCUT2D eigenvalue weighted by Crippen LogP contribution is 2.23. The van der Waals surface area contributed by atoms with Gasteiger partial charge in [0.25, 0.3) is 0 Å². The number of hydrogen-bond donors (Lipinski definition) is 2. The average molecular weight is 252 g/mol. The van der Waals surface area contributed by atoms with Gasteiger partial charge in [0.2, 0.25) is 0 Å². The third-order valence-electron chi connectivity index (χ3n) is 2.24. The molecule has 0 radical (unpaired) electrons. The number of carboxylic acids is 1. The van der Waals surface area contributed by atoms with Crippen LogP contribution >= 0.6 is 11.3 Å². The molecule has 0 aliphatic carbocycles. The molecule has 6 heteroatoms. The summed E-state index contributed by atoms with van der Waals surface area (Å²) in [5, 5.41) is 14.3. The summed E-state index contributed by atoms with van der Waals surface area (Å²) in [5.74, 6) is -0.140. The van der Waals surface area contributed by atoms with Gasteiger partial charge in [0.1, 0.15) is 6.04 Å². The second-order valence-corrected chi connectivity index (χ2v) is 4.42. The van der Waals surface area contributed by atoms with Crippen molar-refractivity contribution in [2.75, 3.05) is 0 Å². The summed E-state index contributed by atoms with van der Waals surface area (Å²) < 4.78 is 5.23. The largest absolute Gasteiger partial charge is 0.480 e. The highest BCUT2D eigenvalue weighted by molar-refractivity contribution is 7.13. The maximum atomic E-state index is 10.6. The summed E-state index contributed by atoms with van der Waals surface area (Å²) in [6.45, 7) is 2.03. The molecule has 0 spiro atoms. The minimum absolute atomic E-state index is 0.435. The van der Waals surface area contributed by atoms with Gasteiger partial charge in [-0.05, 0) is 19.1 Å². The number of thiazole rings is 1. The van der Waals surface area contributed by atoms with E-state index in [1.807, 2.05) is 11.4 Å². The van der Waals surface area contributed by atoms with Crippen LogP contribution in [0, 0.1) is 0 Å². The molecule has 17 heavy (non-hydrogen) atoms. The molecule has 5 nitrogen and oxygen atoms in total. The predicted molar refractivity (Wildman–Crippen MR) is 63.8 cm³/mol. The molecule has 90 valence electrons. The van der Waals surface area contributed by atoms with Crippen LogP contribution in [0.4, 0.5) is 0 Å². The number of furan rings is 1. The number of aliphatic carboxylic acids is 1. The zero-order chi connectivity index (χ0) is 12.3. The lowest BCUT2D eigenvalue weighted by atomic mass is 10.3. The summed E-state index contributed by atoms with van der Waals surface area (Å²) in [6.07, 6.45) is 1.60. The Labute approximate surface area is 102 Å². The fourth-order valence-electron chi connectivity index (χ4n) is 1.25. The summed E-state index contributed by atoms with van der Waals surface area (Å²) in [6, 6.07) is 3.07. The van der Waals surface area contributed by atoms with Gasteiger partial charge in [0.15, 0.2) is 10.8 Å². The van der Waals surface area contributed by atoms with E-state index in [0.29, 0.717) is 6.54 Å². The van der Waals surface area contributed by atoms with E-state index in [1.54, 1.807) is 19.3 Å². The van der Waals surface area contributed by atoms with Crippen LogP contribution in [0.1, 0.15) is 12.6 Å². The Hall–Kier alpha value is -1.66. The van der Waals surface area contributed by atoms with Gasteiger partial charge in [0, 0.05) is 11.9 Å². The number of aromatic nitrogens is 1. The number of carboxylic acid groups (broad SMARTS) is 1. The van der Waals surface area contributed by atoms with E-state index in [4.69, 9.17) is 9.52 Å². The van der Waals surface area contributed by atoms with Crippen molar-refractivity contribution < 1.29 is 14.3 Å². The van der Waals surface area contributed by atoms with Crippen molar-refractivity contribution in [2.45, 2.75) is 19.5 Å². The van der Waals surface area contributed by atoms with Gasteiger partial charge in [-0.2, -0.15) is 0 Å². The van der Waals surface area contributed by atoms with Gasteiger partial charge in [-0.3, -0.25) is 10.1 Å². The molecule has 0 aromatic carbocycles. The maximum absolute atomic E-state index is 10.6. The fourth-order valence-corrected chi connectivity index (χ4v) is 2.03. The van der Waals surface area contributed by atoms with E-state index in [1.165, 1.54) is 11.3 Å². The molecule has 0 aliphatic rings. The first kappa shape index (κ1) is 11.8. The van der Waals surface area contributed by atoms with Gasteiger partial charge in [-0.1, -0.05) is 0 Å². The molecule has 0 saturated heterocycles. The number of hydrogen-bond acceptors (Lipinski definition) is 5. The minimum atomic E-state index is -0.869. The normalized spacial score (nSPS) is 12.5. The first-order valence-electron chi connectivity index (χ1n) is 5.11. The van der Waals surface area contributed by atoms with Crippen molar-refractivity contribution in [1.82, 2.24) is 10.3 Å². The highest BCUT2D eigenvalue weighted by atomic mass is 32.1. The van der Waals surface area contributed by atoms with E-state index in [0.717, 1.165) is 16.5 Å². The monoisotopic (exact) mass is 252 g/mol. The molecule has 0 saturated carbocycles. The first-order chi connectivity index (χ1) is 8.16. The predicted octanol–water partition coefficient (Wildman–Crippen LogP) is 1.97. The lowest BCUT2D eigenvalue weighted by molar-refractivity contribution is -0.139. The fraction of sp³-hybridized carbons (Fsp3) is 0.273. The minimum Gasteiger partial charge on any atom is -0.480 e. The molecule has 0 unspecified atom stereocenters. The van der Waals surface area contributed by atoms with Gasteiger partial charge in [-0.15, -0.1) is 11.3 Å². The maximum Gasteiger partial charge on any atom is 0.320 e. The van der Waals surface area contributed by atoms with Crippen molar-refractivity contribution in [2.24, 2.45) is 0 Å². The lowest BCUT2D eigenvalue weighted by Gasteiger charge is -2.06. The van der Waals surface area contributed by atoms with Crippen LogP contribution in [0.3, 0.4) is 0 Å². The van der Waals surface area contributed by atoms with Crippen molar-refractivity contribution in [3.8, 4) is 10.8 Å². The Morgan fingerprint density at radius 3 is 3.18 bits per heavy atom. The van der Waals surface area contributed by atoms with Crippen LogP contribution in [0.15, 0.2) is 28.2 Å². The molecule has 2 aromatic heterocycles. The smallest absolute Gasteiger partial charge is 0.320 e. The SMILES string of the molecule is C[C@H](NCc1csc(-c2ccco2)n1)C(=O)O. The standard InChI is InChI=1S/C11H12N2O3S/c1-7(11(14)15)12-5-8-6-17-10(13-8)9-3-2-4-16-9/h2-4,6-7,12H,5H2,1H3,(H,14,15)/t7-/m0/s1. The molecule has 2 heterocycles. The zero-order valence-electron chi connectivity index (χ0n) is 9.21. The third kappa shape index (κ3) is 2.92. The molecule has 2 rings (SSSR count). The lowest BCUT2D eigenvalue weighted by Crippen LogP contribution is -2.33. The quantitative estimate of drug-likeness (QED) is 0.850. The van der Waals surface area contributed by atoms with Crippen LogP contribution < -0.4 is 5.32 Å². The number of carbonyl (C=O) groups is 1. The number of nitrogens with zero attached hydrogens (tertiary/aromatic N) is 1. The highest BCUT2D eigenvalue weighted by Gasteiger charge is 2.11. The molecule has 2 aromatic rings. The van der Waals surface area contributed by atoms with Crippen molar-refractivity contribution in [1.29, 1.82) is 0 Å². The average Bonchev–Trinajstić information content (AvgIpc) is 2.95. The number of nitrogens with one attached hydrogen (secondary N) is 1. The van der Waals surface area contributed by atoms with Crippen LogP contribution in [0.2, 0.25) is 0 Å². The first-order valence-corrected chi connectivity index (χ1v) is 5.99. The Morgan fingerprint density at radius 1 is 1.71 bits per heavy atom. The van der Waals surface area contributed by atoms with E-state index in [2.05, 4.69) is 10.3 Å². The molecule has 1 atom stereocenters. The summed E-state index contributed by atoms with van der Waals surface area (Å²) in [5.41, 5.74) is 0.814. The van der Waals surface area contributed by atoms with E-state index in [9.17, 15) is 4.79 Å². The van der Waals surface area contributed by atoms with E-state index < -0.39 is 12.0 Å². The van der Waals surface area contributed by atoms with Crippen molar-refractivity contribution in [3.05, 3.63) is 29.5 Å². The molecule has 0 fully saturated rings. The van der Waals surface area contributed by atoms with Gasteiger partial charge in [0.05, 0.1) is 12.0 Å². The molecular formula is C11H12N2O3S. The van der Waals surface area contributed by atoms with Crippen LogP contribution in [0.5, 0.6) is 0 Å². The zero-order valence-corrected chi connectivity index (χ0v) is 10.0. The third-order valence-corrected chi connectivity index (χ3v) is 3.15. The van der Waals surface area contributed by atoms with Crippen molar-refractivity contribution >= 4 is 17.3 Å². The second-order valence-electron chi connectivity index (χ2n) is 3.56. The molecular weight excluding hydrogens is 240 g/mol. The molecule has 0 bridgehead atoms. The molecule has 2 N–H and O–H groups in total. The Bertz CT molecular complexity index is 493. The van der Waals surface area contributed by atoms with E-state index >= 15 is 0 Å². The van der Waals surface area contributed by atoms with Crippen LogP contribution in [-0.4, -0.2) is 22.1 Å². The van der Waals surface area contributed by atoms with Crippen molar-refractivity contribution in [3.63, 3.8) is 0 Å². The van der Waals surface area contributed by atoms with Crippen LogP contribution in [0.25, 0.3) is 10.8 Å². The van der Waals surface area contributed by atoms with E-state index in [-0.39, 0.29) is 0 Å². The van der Waals surface area contributed by atoms with Gasteiger partial charge < -0.3 is 9.52 Å². The Morgan fingerprint density at radius 2 is 2.53 bits per heavy atom. The number of rotatable bonds is 5.